The molecule has 7 heteroatoms. The van der Waals surface area contributed by atoms with Gasteiger partial charge in [0.25, 0.3) is 0 Å². The quantitative estimate of drug-likeness (QED) is 0.467. The maximum absolute atomic E-state index is 10.7. The molecule has 3 N–H and O–H groups in total. The summed E-state index contributed by atoms with van der Waals surface area (Å²) in [6, 6.07) is 0. The summed E-state index contributed by atoms with van der Waals surface area (Å²) in [6.07, 6.45) is -5.55. The van der Waals surface area contributed by atoms with Crippen LogP contribution in [0.3, 0.4) is 0 Å². The topological polar surface area (TPSA) is 113 Å². The lowest BCUT2D eigenvalue weighted by atomic mass is 10.00. The number of carbonyl (C=O) groups excluding carboxylic acids is 1. The highest BCUT2D eigenvalue weighted by Crippen LogP contribution is 2.19. The van der Waals surface area contributed by atoms with E-state index in [0.717, 1.165) is 6.92 Å². The number of rotatable bonds is 2. The number of esters is 1. The minimum absolute atomic E-state index is 0.310. The van der Waals surface area contributed by atoms with Gasteiger partial charge >= 0.3 is 11.9 Å². The molecule has 7 nitrogen and oxygen atoms in total. The Morgan fingerprint density at radius 3 is 2.47 bits per heavy atom. The van der Waals surface area contributed by atoms with Crippen LogP contribution in [0.1, 0.15) is 6.92 Å². The third-order valence-electron chi connectivity index (χ3n) is 2.02. The summed E-state index contributed by atoms with van der Waals surface area (Å²) in [5.41, 5.74) is 0. The summed E-state index contributed by atoms with van der Waals surface area (Å²) >= 11 is 0. The predicted molar refractivity (Wildman–Crippen MR) is 44.9 cm³/mol. The van der Waals surface area contributed by atoms with E-state index >= 15 is 0 Å². The summed E-state index contributed by atoms with van der Waals surface area (Å²) in [4.78, 5) is 21.4. The van der Waals surface area contributed by atoms with Gasteiger partial charge in [-0.15, -0.1) is 0 Å². The molecule has 0 aromatic carbocycles. The van der Waals surface area contributed by atoms with Crippen molar-refractivity contribution >= 4 is 11.9 Å². The average Bonchev–Trinajstić information content (AvgIpc) is 2.12. The lowest BCUT2D eigenvalue weighted by Gasteiger charge is -2.35. The molecule has 0 aromatic rings. The van der Waals surface area contributed by atoms with Crippen molar-refractivity contribution < 1.29 is 34.4 Å². The van der Waals surface area contributed by atoms with Gasteiger partial charge in [-0.25, -0.2) is 4.79 Å². The normalized spacial score (nSPS) is 35.9. The Morgan fingerprint density at radius 2 is 2.00 bits per heavy atom. The zero-order chi connectivity index (χ0) is 11.6. The Bertz CT molecular complexity index is 264. The molecule has 1 heterocycles. The van der Waals surface area contributed by atoms with E-state index in [1.165, 1.54) is 0 Å². The van der Waals surface area contributed by atoms with Gasteiger partial charge in [0.1, 0.15) is 12.2 Å². The molecular weight excluding hydrogens is 208 g/mol. The molecule has 0 spiro atoms. The van der Waals surface area contributed by atoms with Gasteiger partial charge < -0.3 is 24.8 Å². The molecule has 1 aliphatic heterocycles. The molecule has 0 amide bonds. The van der Waals surface area contributed by atoms with Crippen molar-refractivity contribution in [3.63, 3.8) is 0 Å². The Balaban J connectivity index is 2.79. The number of aliphatic hydroxyl groups excluding tert-OH is 2. The predicted octanol–water partition coefficient (Wildman–Crippen LogP) is -1.88. The van der Waals surface area contributed by atoms with Crippen LogP contribution >= 0.6 is 0 Å². The molecule has 4 atom stereocenters. The van der Waals surface area contributed by atoms with E-state index in [2.05, 4.69) is 4.74 Å². The molecule has 0 bridgehead atoms. The molecule has 0 aliphatic carbocycles. The summed E-state index contributed by atoms with van der Waals surface area (Å²) in [7, 11) is 0. The minimum Gasteiger partial charge on any atom is -0.479 e. The van der Waals surface area contributed by atoms with Gasteiger partial charge in [0.05, 0.1) is 6.61 Å². The molecule has 0 saturated carbocycles. The van der Waals surface area contributed by atoms with Crippen LogP contribution in [-0.2, 0) is 19.1 Å². The largest absolute Gasteiger partial charge is 0.479 e. The van der Waals surface area contributed by atoms with Gasteiger partial charge in [0.15, 0.2) is 12.2 Å². The van der Waals surface area contributed by atoms with Crippen molar-refractivity contribution in [2.45, 2.75) is 31.3 Å². The molecule has 15 heavy (non-hydrogen) atoms. The molecule has 0 aromatic heterocycles. The van der Waals surface area contributed by atoms with Crippen molar-refractivity contribution in [1.82, 2.24) is 0 Å². The van der Waals surface area contributed by atoms with Crippen LogP contribution in [0.15, 0.2) is 0 Å². The Hall–Kier alpha value is -1.18. The number of carbonyl (C=O) groups is 2. The van der Waals surface area contributed by atoms with E-state index in [9.17, 15) is 19.8 Å². The van der Waals surface area contributed by atoms with Crippen LogP contribution in [0.25, 0.3) is 0 Å². The Morgan fingerprint density at radius 1 is 1.40 bits per heavy atom. The number of hydrogen-bond acceptors (Lipinski definition) is 6. The van der Waals surface area contributed by atoms with Gasteiger partial charge in [0.2, 0.25) is 0 Å². The maximum atomic E-state index is 10.7. The molecule has 0 radical (unpaired) electrons. The fourth-order valence-electron chi connectivity index (χ4n) is 1.33. The van der Waals surface area contributed by atoms with E-state index in [4.69, 9.17) is 9.84 Å². The first-order valence-electron chi connectivity index (χ1n) is 4.31. The lowest BCUT2D eigenvalue weighted by Crippen LogP contribution is -2.57. The first kappa shape index (κ1) is 11.9. The number of ether oxygens (including phenoxy) is 2. The van der Waals surface area contributed by atoms with Crippen molar-refractivity contribution in [1.29, 1.82) is 0 Å². The van der Waals surface area contributed by atoms with E-state index in [0.29, 0.717) is 0 Å². The molecule has 0 unspecified atom stereocenters. The molecular formula is C8H12O7. The van der Waals surface area contributed by atoms with E-state index in [1.807, 2.05) is 0 Å². The van der Waals surface area contributed by atoms with Crippen LogP contribution in [0.5, 0.6) is 0 Å². The number of aliphatic hydroxyl groups is 2. The average molecular weight is 220 g/mol. The van der Waals surface area contributed by atoms with Crippen molar-refractivity contribution in [2.75, 3.05) is 6.61 Å². The van der Waals surface area contributed by atoms with Gasteiger partial charge in [-0.05, 0) is 0 Å². The number of carboxylic acids is 1. The second-order valence-corrected chi connectivity index (χ2v) is 3.22. The SMILES string of the molecule is CC(=O)O[C@@H]1[C@@H](O)[C@@H](O)CO[C@H]1C(=O)O. The number of carboxylic acid groups (broad SMARTS) is 1. The summed E-state index contributed by atoms with van der Waals surface area (Å²) in [6.45, 7) is 0.766. The Labute approximate surface area is 85.2 Å². The highest BCUT2D eigenvalue weighted by molar-refractivity contribution is 5.74. The smallest absolute Gasteiger partial charge is 0.336 e. The van der Waals surface area contributed by atoms with E-state index in [1.54, 1.807) is 0 Å². The molecule has 1 fully saturated rings. The molecule has 1 rings (SSSR count). The second kappa shape index (κ2) is 4.56. The number of hydrogen-bond donors (Lipinski definition) is 3. The van der Waals surface area contributed by atoms with Crippen LogP contribution in [0.2, 0.25) is 0 Å². The van der Waals surface area contributed by atoms with Crippen molar-refractivity contribution in [3.8, 4) is 0 Å². The third kappa shape index (κ3) is 2.65. The van der Waals surface area contributed by atoms with E-state index in [-0.39, 0.29) is 6.61 Å². The van der Waals surface area contributed by atoms with Crippen molar-refractivity contribution in [3.05, 3.63) is 0 Å². The van der Waals surface area contributed by atoms with Crippen molar-refractivity contribution in [2.24, 2.45) is 0 Å². The van der Waals surface area contributed by atoms with E-state index < -0.39 is 36.4 Å². The standard InChI is InChI=1S/C8H12O7/c1-3(9)15-6-5(11)4(10)2-14-7(6)8(12)13/h4-7,10-11H,2H2,1H3,(H,12,13)/t4-,5-,6+,7+/m0/s1. The minimum atomic E-state index is -1.45. The molecule has 1 saturated heterocycles. The van der Waals surface area contributed by atoms with Crippen LogP contribution in [0, 0.1) is 0 Å². The monoisotopic (exact) mass is 220 g/mol. The van der Waals surface area contributed by atoms with Gasteiger partial charge in [-0.3, -0.25) is 4.79 Å². The lowest BCUT2D eigenvalue weighted by molar-refractivity contribution is -0.213. The number of aliphatic carboxylic acids is 1. The summed E-state index contributed by atoms with van der Waals surface area (Å²) in [5, 5.41) is 27.4. The fraction of sp³-hybridized carbons (Fsp3) is 0.750. The molecule has 86 valence electrons. The summed E-state index contributed by atoms with van der Waals surface area (Å²) < 4.78 is 9.34. The second-order valence-electron chi connectivity index (χ2n) is 3.22. The first-order chi connectivity index (χ1) is 6.93. The van der Waals surface area contributed by atoms with Crippen LogP contribution < -0.4 is 0 Å². The zero-order valence-electron chi connectivity index (χ0n) is 7.99. The van der Waals surface area contributed by atoms with Gasteiger partial charge in [0, 0.05) is 6.92 Å². The third-order valence-corrected chi connectivity index (χ3v) is 2.02. The highest BCUT2D eigenvalue weighted by Gasteiger charge is 2.44. The zero-order valence-corrected chi connectivity index (χ0v) is 7.99. The van der Waals surface area contributed by atoms with Gasteiger partial charge in [-0.2, -0.15) is 0 Å². The Kier molecular flexibility index (Phi) is 3.61. The molecule has 1 aliphatic rings. The van der Waals surface area contributed by atoms with Crippen LogP contribution in [-0.4, -0.2) is 58.3 Å². The first-order valence-corrected chi connectivity index (χ1v) is 4.31. The van der Waals surface area contributed by atoms with Gasteiger partial charge in [-0.1, -0.05) is 0 Å². The fourth-order valence-corrected chi connectivity index (χ4v) is 1.33. The maximum Gasteiger partial charge on any atom is 0.336 e. The van der Waals surface area contributed by atoms with Crippen LogP contribution in [0.4, 0.5) is 0 Å². The summed E-state index contributed by atoms with van der Waals surface area (Å²) in [5.74, 6) is -2.10. The highest BCUT2D eigenvalue weighted by atomic mass is 16.6.